The number of imidazole rings is 1. The molecule has 0 aliphatic heterocycles. The van der Waals surface area contributed by atoms with Gasteiger partial charge in [0.1, 0.15) is 5.82 Å². The molecule has 0 aliphatic rings. The van der Waals surface area contributed by atoms with E-state index in [-0.39, 0.29) is 17.7 Å². The summed E-state index contributed by atoms with van der Waals surface area (Å²) in [7, 11) is -1.70. The Bertz CT molecular complexity index is 636. The summed E-state index contributed by atoms with van der Waals surface area (Å²) in [6.07, 6.45) is 3.24. The fraction of sp³-hybridized carbons (Fsp3) is 0.250. The van der Waals surface area contributed by atoms with Crippen molar-refractivity contribution < 1.29 is 14.4 Å². The third kappa shape index (κ3) is 2.77. The molecule has 100 valence electrons. The molecule has 0 amide bonds. The lowest BCUT2D eigenvalue weighted by Crippen LogP contribution is -2.30. The van der Waals surface area contributed by atoms with Crippen LogP contribution < -0.4 is 11.2 Å². The van der Waals surface area contributed by atoms with Gasteiger partial charge in [-0.15, -0.1) is 0 Å². The molecular formula is C12H14BFN2O3. The minimum Gasteiger partial charge on any atom is -0.423 e. The molecule has 0 aliphatic carbocycles. The van der Waals surface area contributed by atoms with Crippen LogP contribution in [0.2, 0.25) is 0 Å². The second-order valence-corrected chi connectivity index (χ2v) is 4.22. The van der Waals surface area contributed by atoms with Gasteiger partial charge in [-0.1, -0.05) is 12.1 Å². The molecule has 0 unspecified atom stereocenters. The third-order valence-corrected chi connectivity index (χ3v) is 2.97. The van der Waals surface area contributed by atoms with E-state index in [1.54, 1.807) is 12.4 Å². The van der Waals surface area contributed by atoms with Crippen LogP contribution in [0.4, 0.5) is 4.39 Å². The summed E-state index contributed by atoms with van der Waals surface area (Å²) in [5.41, 5.74) is 0.202. The Hall–Kier alpha value is -1.86. The molecule has 0 saturated heterocycles. The number of hydrogen-bond acceptors (Lipinski definition) is 3. The molecule has 7 heteroatoms. The topological polar surface area (TPSA) is 67.4 Å². The SMILES string of the molecule is CCn1ccn(Cc2ccc(B(O)O)cc2F)c1=O. The fourth-order valence-corrected chi connectivity index (χ4v) is 1.85. The summed E-state index contributed by atoms with van der Waals surface area (Å²) >= 11 is 0. The molecule has 2 N–H and O–H groups in total. The number of halogens is 1. The van der Waals surface area contributed by atoms with Gasteiger partial charge in [0.15, 0.2) is 0 Å². The number of benzene rings is 1. The van der Waals surface area contributed by atoms with E-state index in [1.165, 1.54) is 21.3 Å². The lowest BCUT2D eigenvalue weighted by molar-refractivity contribution is 0.425. The number of nitrogens with zero attached hydrogens (tertiary/aromatic N) is 2. The molecule has 0 fully saturated rings. The largest absolute Gasteiger partial charge is 0.488 e. The second-order valence-electron chi connectivity index (χ2n) is 4.22. The molecule has 0 atom stereocenters. The lowest BCUT2D eigenvalue weighted by atomic mass is 9.80. The Morgan fingerprint density at radius 2 is 1.95 bits per heavy atom. The summed E-state index contributed by atoms with van der Waals surface area (Å²) in [6.45, 7) is 2.52. The molecule has 1 aromatic carbocycles. The average Bonchev–Trinajstić information content (AvgIpc) is 2.72. The first kappa shape index (κ1) is 13.6. The van der Waals surface area contributed by atoms with E-state index in [1.807, 2.05) is 6.92 Å². The third-order valence-electron chi connectivity index (χ3n) is 2.97. The highest BCUT2D eigenvalue weighted by Crippen LogP contribution is 2.07. The van der Waals surface area contributed by atoms with Crippen LogP contribution in [0.25, 0.3) is 0 Å². The zero-order valence-corrected chi connectivity index (χ0v) is 10.5. The second kappa shape index (κ2) is 5.42. The zero-order valence-electron chi connectivity index (χ0n) is 10.5. The molecule has 1 aromatic heterocycles. The maximum absolute atomic E-state index is 13.8. The van der Waals surface area contributed by atoms with Gasteiger partial charge in [-0.25, -0.2) is 9.18 Å². The molecule has 0 radical (unpaired) electrons. The van der Waals surface area contributed by atoms with E-state index < -0.39 is 12.9 Å². The van der Waals surface area contributed by atoms with Crippen molar-refractivity contribution in [1.29, 1.82) is 0 Å². The van der Waals surface area contributed by atoms with Gasteiger partial charge in [0.05, 0.1) is 6.54 Å². The number of aromatic nitrogens is 2. The van der Waals surface area contributed by atoms with Crippen molar-refractivity contribution in [3.8, 4) is 0 Å². The maximum atomic E-state index is 13.8. The Morgan fingerprint density at radius 3 is 2.47 bits per heavy atom. The van der Waals surface area contributed by atoms with Crippen LogP contribution in [0, 0.1) is 5.82 Å². The van der Waals surface area contributed by atoms with Crippen LogP contribution in [-0.4, -0.2) is 26.3 Å². The van der Waals surface area contributed by atoms with E-state index in [2.05, 4.69) is 0 Å². The summed E-state index contributed by atoms with van der Waals surface area (Å²) in [5, 5.41) is 17.9. The van der Waals surface area contributed by atoms with Gasteiger partial charge in [-0.3, -0.25) is 9.13 Å². The Labute approximate surface area is 109 Å². The molecule has 2 rings (SSSR count). The molecule has 0 bridgehead atoms. The van der Waals surface area contributed by atoms with Crippen LogP contribution in [0.5, 0.6) is 0 Å². The van der Waals surface area contributed by atoms with Gasteiger partial charge in [-0.2, -0.15) is 0 Å². The van der Waals surface area contributed by atoms with Crippen LogP contribution >= 0.6 is 0 Å². The lowest BCUT2D eigenvalue weighted by Gasteiger charge is -2.06. The molecule has 2 aromatic rings. The predicted molar refractivity (Wildman–Crippen MR) is 69.7 cm³/mol. The first-order chi connectivity index (χ1) is 9.02. The normalized spacial score (nSPS) is 10.7. The van der Waals surface area contributed by atoms with Gasteiger partial charge >= 0.3 is 12.8 Å². The first-order valence-corrected chi connectivity index (χ1v) is 5.93. The van der Waals surface area contributed by atoms with Gasteiger partial charge in [0.25, 0.3) is 0 Å². The standard InChI is InChI=1S/C12H14BFN2O3/c1-2-15-5-6-16(12(15)17)8-9-3-4-10(13(18)19)7-11(9)14/h3-7,18-19H,2,8H2,1H3. The van der Waals surface area contributed by atoms with Crippen LogP contribution in [0.15, 0.2) is 35.4 Å². The summed E-state index contributed by atoms with van der Waals surface area (Å²) in [4.78, 5) is 11.8. The molecule has 0 saturated carbocycles. The molecule has 5 nitrogen and oxygen atoms in total. The van der Waals surface area contributed by atoms with Crippen molar-refractivity contribution >= 4 is 12.6 Å². The fourth-order valence-electron chi connectivity index (χ4n) is 1.85. The van der Waals surface area contributed by atoms with E-state index in [0.29, 0.717) is 12.1 Å². The summed E-state index contributed by atoms with van der Waals surface area (Å²) in [6, 6.07) is 3.92. The Kier molecular flexibility index (Phi) is 3.87. The number of hydrogen-bond donors (Lipinski definition) is 2. The summed E-state index contributed by atoms with van der Waals surface area (Å²) < 4.78 is 16.7. The average molecular weight is 264 g/mol. The number of rotatable bonds is 4. The highest BCUT2D eigenvalue weighted by molar-refractivity contribution is 6.58. The number of aryl methyl sites for hydroxylation is 1. The van der Waals surface area contributed by atoms with Crippen LogP contribution in [-0.2, 0) is 13.1 Å². The van der Waals surface area contributed by atoms with Gasteiger partial charge in [0.2, 0.25) is 0 Å². The van der Waals surface area contributed by atoms with E-state index in [0.717, 1.165) is 6.07 Å². The van der Waals surface area contributed by atoms with Crippen molar-refractivity contribution in [2.45, 2.75) is 20.0 Å². The quantitative estimate of drug-likeness (QED) is 0.734. The Morgan fingerprint density at radius 1 is 1.26 bits per heavy atom. The smallest absolute Gasteiger partial charge is 0.423 e. The monoisotopic (exact) mass is 264 g/mol. The van der Waals surface area contributed by atoms with E-state index >= 15 is 0 Å². The van der Waals surface area contributed by atoms with Crippen LogP contribution in [0.3, 0.4) is 0 Å². The first-order valence-electron chi connectivity index (χ1n) is 5.93. The maximum Gasteiger partial charge on any atom is 0.488 e. The van der Waals surface area contributed by atoms with E-state index in [4.69, 9.17) is 10.0 Å². The molecule has 1 heterocycles. The van der Waals surface area contributed by atoms with Crippen molar-refractivity contribution in [3.05, 3.63) is 52.5 Å². The van der Waals surface area contributed by atoms with Crippen molar-refractivity contribution in [2.75, 3.05) is 0 Å². The van der Waals surface area contributed by atoms with Crippen molar-refractivity contribution in [2.24, 2.45) is 0 Å². The Balaban J connectivity index is 2.28. The van der Waals surface area contributed by atoms with Gasteiger partial charge in [0, 0.05) is 24.5 Å². The van der Waals surface area contributed by atoms with Crippen molar-refractivity contribution in [1.82, 2.24) is 9.13 Å². The molecule has 19 heavy (non-hydrogen) atoms. The minimum atomic E-state index is -1.70. The highest BCUT2D eigenvalue weighted by atomic mass is 19.1. The van der Waals surface area contributed by atoms with Gasteiger partial charge < -0.3 is 10.0 Å². The minimum absolute atomic E-state index is 0.0831. The van der Waals surface area contributed by atoms with Crippen LogP contribution in [0.1, 0.15) is 12.5 Å². The summed E-state index contributed by atoms with van der Waals surface area (Å²) in [5.74, 6) is -0.568. The highest BCUT2D eigenvalue weighted by Gasteiger charge is 2.14. The molecular weight excluding hydrogens is 250 g/mol. The van der Waals surface area contributed by atoms with Crippen molar-refractivity contribution in [3.63, 3.8) is 0 Å². The zero-order chi connectivity index (χ0) is 14.0. The van der Waals surface area contributed by atoms with E-state index in [9.17, 15) is 9.18 Å². The molecule has 0 spiro atoms. The predicted octanol–water partition coefficient (Wildman–Crippen LogP) is -0.463. The van der Waals surface area contributed by atoms with Gasteiger partial charge in [-0.05, 0) is 18.5 Å².